The summed E-state index contributed by atoms with van der Waals surface area (Å²) in [6.45, 7) is 6.79. The quantitative estimate of drug-likeness (QED) is 0.901. The highest BCUT2D eigenvalue weighted by molar-refractivity contribution is 5.80. The molecule has 1 aromatic rings. The number of nitrogens with zero attached hydrogens (tertiary/aromatic N) is 3. The van der Waals surface area contributed by atoms with E-state index in [-0.39, 0.29) is 23.4 Å². The Bertz CT molecular complexity index is 738. The van der Waals surface area contributed by atoms with Crippen LogP contribution in [0, 0.1) is 5.92 Å². The number of piperidine rings is 1. The molecule has 2 fully saturated rings. The molecule has 3 aliphatic rings. The predicted molar refractivity (Wildman–Crippen MR) is 99.8 cm³/mol. The lowest BCUT2D eigenvalue weighted by Gasteiger charge is -2.39. The van der Waals surface area contributed by atoms with Crippen LogP contribution in [0.15, 0.2) is 4.79 Å². The zero-order valence-corrected chi connectivity index (χ0v) is 16.0. The molecule has 0 bridgehead atoms. The molecule has 3 heterocycles. The van der Waals surface area contributed by atoms with Gasteiger partial charge in [-0.3, -0.25) is 14.5 Å². The van der Waals surface area contributed by atoms with Crippen molar-refractivity contribution in [2.75, 3.05) is 13.1 Å². The van der Waals surface area contributed by atoms with E-state index in [4.69, 9.17) is 4.98 Å². The maximum absolute atomic E-state index is 12.9. The number of amides is 1. The lowest BCUT2D eigenvalue weighted by atomic mass is 9.83. The summed E-state index contributed by atoms with van der Waals surface area (Å²) >= 11 is 0. The van der Waals surface area contributed by atoms with Gasteiger partial charge in [0.15, 0.2) is 0 Å². The first-order valence-electron chi connectivity index (χ1n) is 10.2. The number of aromatic nitrogens is 2. The Labute approximate surface area is 155 Å². The van der Waals surface area contributed by atoms with Gasteiger partial charge in [-0.25, -0.2) is 4.98 Å². The fourth-order valence-electron chi connectivity index (χ4n) is 4.45. The van der Waals surface area contributed by atoms with Crippen LogP contribution in [0.5, 0.6) is 0 Å². The molecule has 6 nitrogen and oxygen atoms in total. The van der Waals surface area contributed by atoms with E-state index < -0.39 is 0 Å². The van der Waals surface area contributed by atoms with Crippen molar-refractivity contribution < 1.29 is 4.79 Å². The molecule has 1 saturated heterocycles. The van der Waals surface area contributed by atoms with E-state index in [0.717, 1.165) is 75.8 Å². The Kier molecular flexibility index (Phi) is 4.86. The van der Waals surface area contributed by atoms with Crippen LogP contribution in [0.2, 0.25) is 0 Å². The molecule has 4 rings (SSSR count). The lowest BCUT2D eigenvalue weighted by molar-refractivity contribution is -0.142. The highest BCUT2D eigenvalue weighted by Crippen LogP contribution is 2.35. The molecule has 0 spiro atoms. The van der Waals surface area contributed by atoms with Crippen molar-refractivity contribution in [3.05, 3.63) is 27.4 Å². The Balaban J connectivity index is 1.63. The SMILES string of the molecule is CC(C)N1CCc2c(nc([C@H]3CCCCN3C(=O)C3CCC3)[nH]c2=O)C1. The first-order valence-corrected chi connectivity index (χ1v) is 10.2. The first kappa shape index (κ1) is 17.7. The van der Waals surface area contributed by atoms with Crippen LogP contribution in [-0.4, -0.2) is 44.8 Å². The minimum atomic E-state index is -0.0655. The molecule has 0 unspecified atom stereocenters. The number of aromatic amines is 1. The van der Waals surface area contributed by atoms with E-state index in [2.05, 4.69) is 23.7 Å². The van der Waals surface area contributed by atoms with Crippen LogP contribution < -0.4 is 5.56 Å². The number of fused-ring (bicyclic) bond motifs is 1. The molecule has 26 heavy (non-hydrogen) atoms. The number of rotatable bonds is 3. The largest absolute Gasteiger partial charge is 0.332 e. The number of carbonyl (C=O) groups excluding carboxylic acids is 1. The molecule has 1 saturated carbocycles. The van der Waals surface area contributed by atoms with Crippen molar-refractivity contribution in [2.24, 2.45) is 5.92 Å². The van der Waals surface area contributed by atoms with Crippen molar-refractivity contribution >= 4 is 5.91 Å². The highest BCUT2D eigenvalue weighted by Gasteiger charge is 2.36. The van der Waals surface area contributed by atoms with E-state index in [0.29, 0.717) is 11.9 Å². The summed E-state index contributed by atoms with van der Waals surface area (Å²) in [5.41, 5.74) is 1.73. The number of hydrogen-bond donors (Lipinski definition) is 1. The zero-order valence-electron chi connectivity index (χ0n) is 16.0. The van der Waals surface area contributed by atoms with Crippen LogP contribution in [0.3, 0.4) is 0 Å². The zero-order chi connectivity index (χ0) is 18.3. The summed E-state index contributed by atoms with van der Waals surface area (Å²) in [4.78, 5) is 37.8. The van der Waals surface area contributed by atoms with Gasteiger partial charge >= 0.3 is 0 Å². The molecule has 0 aromatic carbocycles. The number of H-pyrrole nitrogens is 1. The Morgan fingerprint density at radius 1 is 1.15 bits per heavy atom. The Hall–Kier alpha value is -1.69. The minimum Gasteiger partial charge on any atom is -0.332 e. The third-order valence-electron chi connectivity index (χ3n) is 6.41. The molecule has 1 aliphatic carbocycles. The summed E-state index contributed by atoms with van der Waals surface area (Å²) < 4.78 is 0. The van der Waals surface area contributed by atoms with E-state index in [1.807, 2.05) is 4.90 Å². The summed E-state index contributed by atoms with van der Waals surface area (Å²) in [5, 5.41) is 0. The average Bonchev–Trinajstić information content (AvgIpc) is 2.59. The predicted octanol–water partition coefficient (Wildman–Crippen LogP) is 2.39. The van der Waals surface area contributed by atoms with Gasteiger partial charge in [-0.15, -0.1) is 0 Å². The van der Waals surface area contributed by atoms with E-state index in [1.165, 1.54) is 0 Å². The number of carbonyl (C=O) groups is 1. The van der Waals surface area contributed by atoms with Gasteiger partial charge in [0.05, 0.1) is 11.7 Å². The second-order valence-corrected chi connectivity index (χ2v) is 8.36. The third kappa shape index (κ3) is 3.20. The van der Waals surface area contributed by atoms with Crippen LogP contribution in [-0.2, 0) is 17.8 Å². The van der Waals surface area contributed by atoms with Crippen LogP contribution >= 0.6 is 0 Å². The first-order chi connectivity index (χ1) is 12.5. The Morgan fingerprint density at radius 2 is 1.96 bits per heavy atom. The van der Waals surface area contributed by atoms with Gasteiger partial charge in [0.25, 0.3) is 5.56 Å². The van der Waals surface area contributed by atoms with E-state index >= 15 is 0 Å². The van der Waals surface area contributed by atoms with Crippen LogP contribution in [0.25, 0.3) is 0 Å². The molecule has 1 amide bonds. The number of hydrogen-bond acceptors (Lipinski definition) is 4. The van der Waals surface area contributed by atoms with Gasteiger partial charge in [-0.1, -0.05) is 6.42 Å². The van der Waals surface area contributed by atoms with Crippen molar-refractivity contribution in [3.63, 3.8) is 0 Å². The summed E-state index contributed by atoms with van der Waals surface area (Å²) in [7, 11) is 0. The van der Waals surface area contributed by atoms with E-state index in [1.54, 1.807) is 0 Å². The number of nitrogens with one attached hydrogen (secondary N) is 1. The topological polar surface area (TPSA) is 69.3 Å². The molecule has 6 heteroatoms. The second-order valence-electron chi connectivity index (χ2n) is 8.36. The fourth-order valence-corrected chi connectivity index (χ4v) is 4.45. The van der Waals surface area contributed by atoms with Gasteiger partial charge in [0.1, 0.15) is 5.82 Å². The van der Waals surface area contributed by atoms with Crippen molar-refractivity contribution in [2.45, 2.75) is 77.4 Å². The van der Waals surface area contributed by atoms with Crippen LogP contribution in [0.1, 0.15) is 75.5 Å². The molecule has 1 aromatic heterocycles. The summed E-state index contributed by atoms with van der Waals surface area (Å²) in [6, 6.07) is 0.378. The highest BCUT2D eigenvalue weighted by atomic mass is 16.2. The summed E-state index contributed by atoms with van der Waals surface area (Å²) in [5.74, 6) is 1.16. The molecular weight excluding hydrogens is 328 g/mol. The molecule has 142 valence electrons. The molecule has 1 atom stereocenters. The second kappa shape index (κ2) is 7.14. The third-order valence-corrected chi connectivity index (χ3v) is 6.41. The van der Waals surface area contributed by atoms with E-state index in [9.17, 15) is 9.59 Å². The standard InChI is InChI=1S/C20H30N4O2/c1-13(2)23-11-9-15-16(12-23)21-18(22-19(15)25)17-8-3-4-10-24(17)20(26)14-6-5-7-14/h13-14,17H,3-12H2,1-2H3,(H,21,22,25)/t17-/m1/s1. The van der Waals surface area contributed by atoms with Gasteiger partial charge in [-0.2, -0.15) is 0 Å². The monoisotopic (exact) mass is 358 g/mol. The van der Waals surface area contributed by atoms with Gasteiger partial charge in [0.2, 0.25) is 5.91 Å². The fraction of sp³-hybridized carbons (Fsp3) is 0.750. The molecular formula is C20H30N4O2. The Morgan fingerprint density at radius 3 is 2.65 bits per heavy atom. The lowest BCUT2D eigenvalue weighted by Crippen LogP contribution is -2.45. The molecule has 2 aliphatic heterocycles. The molecule has 1 N–H and O–H groups in total. The smallest absolute Gasteiger partial charge is 0.254 e. The van der Waals surface area contributed by atoms with Gasteiger partial charge in [-0.05, 0) is 52.4 Å². The van der Waals surface area contributed by atoms with Gasteiger partial charge in [0, 0.05) is 37.2 Å². The maximum atomic E-state index is 12.9. The number of likely N-dealkylation sites (tertiary alicyclic amines) is 1. The van der Waals surface area contributed by atoms with Crippen molar-refractivity contribution in [3.8, 4) is 0 Å². The molecule has 0 radical (unpaired) electrons. The maximum Gasteiger partial charge on any atom is 0.254 e. The summed E-state index contributed by atoms with van der Waals surface area (Å²) in [6.07, 6.45) is 6.97. The normalized spacial score (nSPS) is 24.4. The van der Waals surface area contributed by atoms with Crippen molar-refractivity contribution in [1.82, 2.24) is 19.8 Å². The van der Waals surface area contributed by atoms with Crippen LogP contribution in [0.4, 0.5) is 0 Å². The minimum absolute atomic E-state index is 0.00461. The average molecular weight is 358 g/mol. The van der Waals surface area contributed by atoms with Crippen molar-refractivity contribution in [1.29, 1.82) is 0 Å². The van der Waals surface area contributed by atoms with Gasteiger partial charge < -0.3 is 9.88 Å².